The van der Waals surface area contributed by atoms with E-state index in [1.807, 2.05) is 17.5 Å². The second-order valence-electron chi connectivity index (χ2n) is 5.20. The molecule has 4 nitrogen and oxygen atoms in total. The van der Waals surface area contributed by atoms with E-state index in [9.17, 15) is 9.59 Å². The summed E-state index contributed by atoms with van der Waals surface area (Å²) >= 11 is 3.38. The van der Waals surface area contributed by atoms with Gasteiger partial charge in [0.2, 0.25) is 5.91 Å². The van der Waals surface area contributed by atoms with Gasteiger partial charge in [-0.1, -0.05) is 6.07 Å². The van der Waals surface area contributed by atoms with Gasteiger partial charge >= 0.3 is 5.97 Å². The minimum absolute atomic E-state index is 0.0305. The molecule has 4 rings (SSSR count). The average molecular weight is 331 g/mol. The molecule has 112 valence electrons. The number of fused-ring (bicyclic) bond motifs is 2. The Morgan fingerprint density at radius 3 is 3.14 bits per heavy atom. The highest BCUT2D eigenvalue weighted by molar-refractivity contribution is 8.00. The number of ether oxygens (including phenoxy) is 1. The molecule has 6 heteroatoms. The zero-order valence-corrected chi connectivity index (χ0v) is 13.3. The van der Waals surface area contributed by atoms with Crippen molar-refractivity contribution in [2.24, 2.45) is 0 Å². The number of esters is 1. The first kappa shape index (κ1) is 13.8. The number of hydrogen-bond donors (Lipinski definition) is 1. The number of carbonyl (C=O) groups excluding carboxylic acids is 2. The third-order valence-electron chi connectivity index (χ3n) is 3.92. The van der Waals surface area contributed by atoms with E-state index in [1.54, 1.807) is 35.2 Å². The minimum atomic E-state index is -0.321. The van der Waals surface area contributed by atoms with Crippen molar-refractivity contribution in [1.82, 2.24) is 0 Å². The predicted molar refractivity (Wildman–Crippen MR) is 87.4 cm³/mol. The van der Waals surface area contributed by atoms with Gasteiger partial charge in [-0.3, -0.25) is 4.79 Å². The number of amides is 1. The van der Waals surface area contributed by atoms with E-state index in [0.717, 1.165) is 23.3 Å². The van der Waals surface area contributed by atoms with Crippen molar-refractivity contribution < 1.29 is 14.3 Å². The summed E-state index contributed by atoms with van der Waals surface area (Å²) in [5, 5.41) is 4.84. The quantitative estimate of drug-likeness (QED) is 0.857. The maximum absolute atomic E-state index is 12.7. The van der Waals surface area contributed by atoms with Gasteiger partial charge in [0.1, 0.15) is 11.9 Å². The molecule has 22 heavy (non-hydrogen) atoms. The van der Waals surface area contributed by atoms with Crippen LogP contribution < -0.4 is 5.32 Å². The van der Waals surface area contributed by atoms with Gasteiger partial charge in [0, 0.05) is 16.1 Å². The van der Waals surface area contributed by atoms with E-state index in [0.29, 0.717) is 11.3 Å². The highest BCUT2D eigenvalue weighted by Gasteiger charge is 2.30. The molecule has 1 amide bonds. The lowest BCUT2D eigenvalue weighted by molar-refractivity contribution is -0.115. The lowest BCUT2D eigenvalue weighted by atomic mass is 10.1. The van der Waals surface area contributed by atoms with Gasteiger partial charge in [0.25, 0.3) is 0 Å². The summed E-state index contributed by atoms with van der Waals surface area (Å²) < 4.78 is 5.04. The van der Waals surface area contributed by atoms with Crippen LogP contribution in [0.3, 0.4) is 0 Å². The van der Waals surface area contributed by atoms with Gasteiger partial charge in [-0.25, -0.2) is 4.79 Å². The fourth-order valence-electron chi connectivity index (χ4n) is 2.83. The van der Waals surface area contributed by atoms with Crippen molar-refractivity contribution >= 4 is 40.7 Å². The van der Waals surface area contributed by atoms with Crippen LogP contribution in [0.5, 0.6) is 0 Å². The predicted octanol–water partition coefficient (Wildman–Crippen LogP) is 3.39. The van der Waals surface area contributed by atoms with Crippen LogP contribution in [0.1, 0.15) is 31.6 Å². The summed E-state index contributed by atoms with van der Waals surface area (Å²) in [6, 6.07) is 7.36. The zero-order valence-electron chi connectivity index (χ0n) is 11.6. The number of nitrogens with one attached hydrogen (secondary N) is 1. The number of hydrogen-bond acceptors (Lipinski definition) is 5. The van der Waals surface area contributed by atoms with E-state index >= 15 is 0 Å². The van der Waals surface area contributed by atoms with Gasteiger partial charge in [-0.15, -0.1) is 23.1 Å². The SMILES string of the molecule is O=C1OCc2c(NC(=O)C3SCCc4sccc43)cccc21. The van der Waals surface area contributed by atoms with Gasteiger partial charge in [-0.05, 0) is 41.3 Å². The maximum atomic E-state index is 12.7. The molecule has 3 heterocycles. The molecule has 0 saturated carbocycles. The standard InChI is InChI=1S/C16H13NO3S2/c18-15(14-10-4-6-21-13(10)5-7-22-14)17-12-3-1-2-9-11(12)8-20-16(9)19/h1-4,6,14H,5,7-8H2,(H,17,18). The first-order valence-corrected chi connectivity index (χ1v) is 8.94. The molecule has 1 aromatic carbocycles. The Kier molecular flexibility index (Phi) is 3.43. The van der Waals surface area contributed by atoms with Gasteiger partial charge in [-0.2, -0.15) is 0 Å². The van der Waals surface area contributed by atoms with Crippen LogP contribution in [-0.4, -0.2) is 17.6 Å². The first-order chi connectivity index (χ1) is 10.7. The number of thioether (sulfide) groups is 1. The number of rotatable bonds is 2. The lowest BCUT2D eigenvalue weighted by Gasteiger charge is -2.22. The number of anilines is 1. The molecule has 2 aromatic rings. The highest BCUT2D eigenvalue weighted by atomic mass is 32.2. The van der Waals surface area contributed by atoms with Gasteiger partial charge in [0.15, 0.2) is 0 Å². The summed E-state index contributed by atoms with van der Waals surface area (Å²) in [7, 11) is 0. The van der Waals surface area contributed by atoms with Crippen molar-refractivity contribution in [2.75, 3.05) is 11.1 Å². The van der Waals surface area contributed by atoms with Gasteiger partial charge in [0.05, 0.1) is 5.56 Å². The normalized spacial score (nSPS) is 19.3. The fourth-order valence-corrected chi connectivity index (χ4v) is 5.12. The molecule has 2 aliphatic heterocycles. The topological polar surface area (TPSA) is 55.4 Å². The largest absolute Gasteiger partial charge is 0.457 e. The van der Waals surface area contributed by atoms with Crippen LogP contribution >= 0.6 is 23.1 Å². The van der Waals surface area contributed by atoms with Crippen LogP contribution in [0, 0.1) is 0 Å². The summed E-state index contributed by atoms with van der Waals surface area (Å²) in [5.41, 5.74) is 3.12. The molecular formula is C16H13NO3S2. The molecular weight excluding hydrogens is 318 g/mol. The Morgan fingerprint density at radius 2 is 2.23 bits per heavy atom. The number of cyclic esters (lactones) is 1. The van der Waals surface area contributed by atoms with Crippen LogP contribution in [0.2, 0.25) is 0 Å². The molecule has 0 saturated heterocycles. The van der Waals surface area contributed by atoms with E-state index in [-0.39, 0.29) is 23.7 Å². The third kappa shape index (κ3) is 2.23. The Balaban J connectivity index is 1.61. The third-order valence-corrected chi connectivity index (χ3v) is 6.15. The van der Waals surface area contributed by atoms with Crippen molar-refractivity contribution in [2.45, 2.75) is 18.3 Å². The first-order valence-electron chi connectivity index (χ1n) is 7.02. The van der Waals surface area contributed by atoms with Crippen LogP contribution in [0.15, 0.2) is 29.6 Å². The minimum Gasteiger partial charge on any atom is -0.457 e. The molecule has 0 bridgehead atoms. The Bertz CT molecular complexity index is 769. The summed E-state index contributed by atoms with van der Waals surface area (Å²) in [4.78, 5) is 25.6. The average Bonchev–Trinajstić information content (AvgIpc) is 3.14. The molecule has 0 radical (unpaired) electrons. The summed E-state index contributed by atoms with van der Waals surface area (Å²) in [6.07, 6.45) is 1.03. The smallest absolute Gasteiger partial charge is 0.338 e. The number of carbonyl (C=O) groups is 2. The zero-order chi connectivity index (χ0) is 15.1. The fraction of sp³-hybridized carbons (Fsp3) is 0.250. The second kappa shape index (κ2) is 5.44. The molecule has 1 N–H and O–H groups in total. The highest BCUT2D eigenvalue weighted by Crippen LogP contribution is 2.40. The summed E-state index contributed by atoms with van der Waals surface area (Å²) in [6.45, 7) is 0.228. The Morgan fingerprint density at radius 1 is 1.32 bits per heavy atom. The van der Waals surface area contributed by atoms with E-state index in [4.69, 9.17) is 4.74 Å². The molecule has 1 aromatic heterocycles. The number of thiophene rings is 1. The van der Waals surface area contributed by atoms with Crippen LogP contribution in [0.4, 0.5) is 5.69 Å². The molecule has 0 spiro atoms. The van der Waals surface area contributed by atoms with E-state index < -0.39 is 0 Å². The number of aryl methyl sites for hydroxylation is 1. The van der Waals surface area contributed by atoms with Crippen molar-refractivity contribution in [3.05, 3.63) is 51.2 Å². The van der Waals surface area contributed by atoms with Gasteiger partial charge < -0.3 is 10.1 Å². The van der Waals surface area contributed by atoms with Crippen molar-refractivity contribution in [1.29, 1.82) is 0 Å². The van der Waals surface area contributed by atoms with Crippen LogP contribution in [-0.2, 0) is 22.6 Å². The van der Waals surface area contributed by atoms with E-state index in [1.165, 1.54) is 4.88 Å². The molecule has 0 fully saturated rings. The molecule has 1 unspecified atom stereocenters. The van der Waals surface area contributed by atoms with Crippen LogP contribution in [0.25, 0.3) is 0 Å². The molecule has 2 aliphatic rings. The van der Waals surface area contributed by atoms with E-state index in [2.05, 4.69) is 5.32 Å². The Hall–Kier alpha value is -1.79. The molecule has 1 atom stereocenters. The maximum Gasteiger partial charge on any atom is 0.338 e. The summed E-state index contributed by atoms with van der Waals surface area (Å²) in [5.74, 6) is 0.607. The lowest BCUT2D eigenvalue weighted by Crippen LogP contribution is -2.22. The monoisotopic (exact) mass is 331 g/mol. The molecule has 0 aliphatic carbocycles. The Labute approximate surface area is 135 Å². The second-order valence-corrected chi connectivity index (χ2v) is 7.41. The number of benzene rings is 1. The van der Waals surface area contributed by atoms with Crippen molar-refractivity contribution in [3.63, 3.8) is 0 Å². The van der Waals surface area contributed by atoms with Crippen molar-refractivity contribution in [3.8, 4) is 0 Å².